The molecule has 1 N–H and O–H groups in total. The van der Waals surface area contributed by atoms with Gasteiger partial charge < -0.3 is 10.2 Å². The van der Waals surface area contributed by atoms with Crippen LogP contribution in [0.3, 0.4) is 0 Å². The number of allylic oxidation sites excluding steroid dienone is 1. The van der Waals surface area contributed by atoms with Crippen molar-refractivity contribution >= 4 is 23.6 Å². The Morgan fingerprint density at radius 2 is 2.04 bits per heavy atom. The highest BCUT2D eigenvalue weighted by atomic mass is 32.2. The van der Waals surface area contributed by atoms with Gasteiger partial charge in [0.1, 0.15) is 5.92 Å². The van der Waals surface area contributed by atoms with Crippen molar-refractivity contribution in [3.63, 3.8) is 0 Å². The fourth-order valence-corrected chi connectivity index (χ4v) is 3.23. The smallest absolute Gasteiger partial charge is 0.243 e. The molecule has 1 rings (SSSR count). The summed E-state index contributed by atoms with van der Waals surface area (Å²) in [4.78, 5) is 25.4. The predicted octanol–water partition coefficient (Wildman–Crippen LogP) is 1.12. The number of amides is 2. The summed E-state index contributed by atoms with van der Waals surface area (Å²) in [5, 5.41) is 29.9. The molecule has 1 atom stereocenters. The van der Waals surface area contributed by atoms with Crippen molar-refractivity contribution in [3.8, 4) is 18.2 Å². The van der Waals surface area contributed by atoms with Gasteiger partial charge in [-0.15, -0.1) is 0 Å². The molecule has 0 saturated heterocycles. The van der Waals surface area contributed by atoms with Gasteiger partial charge in [0.2, 0.25) is 11.8 Å². The van der Waals surface area contributed by atoms with Crippen molar-refractivity contribution < 1.29 is 9.59 Å². The summed E-state index contributed by atoms with van der Waals surface area (Å²) in [6.45, 7) is 3.66. The Bertz CT molecular complexity index is 663. The van der Waals surface area contributed by atoms with E-state index < -0.39 is 17.2 Å². The van der Waals surface area contributed by atoms with Gasteiger partial charge in [-0.2, -0.15) is 15.8 Å². The van der Waals surface area contributed by atoms with Crippen LogP contribution in [0.2, 0.25) is 0 Å². The SMILES string of the molecule is CN(CCC#N)C(=O)CSC1=C(C#N)C(C)(C)[C@@H](C#N)C(=O)N1. The number of carbonyl (C=O) groups is 2. The van der Waals surface area contributed by atoms with Crippen LogP contribution in [0.25, 0.3) is 0 Å². The molecule has 0 aromatic heterocycles. The molecular weight excluding hydrogens is 314 g/mol. The average Bonchev–Trinajstić information content (AvgIpc) is 2.49. The van der Waals surface area contributed by atoms with Crippen molar-refractivity contribution in [1.29, 1.82) is 15.8 Å². The zero-order chi connectivity index (χ0) is 17.6. The molecule has 0 aliphatic carbocycles. The van der Waals surface area contributed by atoms with Crippen molar-refractivity contribution in [2.24, 2.45) is 11.3 Å². The highest BCUT2D eigenvalue weighted by molar-refractivity contribution is 8.03. The Labute approximate surface area is 139 Å². The number of nitriles is 3. The van der Waals surface area contributed by atoms with E-state index in [1.807, 2.05) is 18.2 Å². The number of nitrogens with one attached hydrogen (secondary N) is 1. The summed E-state index contributed by atoms with van der Waals surface area (Å²) in [7, 11) is 1.59. The van der Waals surface area contributed by atoms with Crippen LogP contribution in [-0.2, 0) is 9.59 Å². The first-order valence-corrected chi connectivity index (χ1v) is 7.87. The fourth-order valence-electron chi connectivity index (χ4n) is 2.12. The van der Waals surface area contributed by atoms with Crippen LogP contribution >= 0.6 is 11.8 Å². The first-order valence-electron chi connectivity index (χ1n) is 6.88. The molecule has 23 heavy (non-hydrogen) atoms. The molecule has 0 unspecified atom stereocenters. The van der Waals surface area contributed by atoms with Gasteiger partial charge in [-0.05, 0) is 0 Å². The maximum Gasteiger partial charge on any atom is 0.243 e. The lowest BCUT2D eigenvalue weighted by atomic mass is 9.72. The Morgan fingerprint density at radius 1 is 1.39 bits per heavy atom. The second-order valence-corrected chi connectivity index (χ2v) is 6.59. The quantitative estimate of drug-likeness (QED) is 0.806. The van der Waals surface area contributed by atoms with E-state index >= 15 is 0 Å². The third-order valence-corrected chi connectivity index (χ3v) is 4.64. The molecule has 1 heterocycles. The minimum atomic E-state index is -0.949. The van der Waals surface area contributed by atoms with Crippen molar-refractivity contribution in [2.45, 2.75) is 20.3 Å². The van der Waals surface area contributed by atoms with Crippen molar-refractivity contribution in [2.75, 3.05) is 19.3 Å². The highest BCUT2D eigenvalue weighted by Gasteiger charge is 2.44. The summed E-state index contributed by atoms with van der Waals surface area (Å²) in [6, 6.07) is 5.93. The van der Waals surface area contributed by atoms with Crippen LogP contribution < -0.4 is 5.32 Å². The Balaban J connectivity index is 2.91. The predicted molar refractivity (Wildman–Crippen MR) is 84.0 cm³/mol. The van der Waals surface area contributed by atoms with Gasteiger partial charge in [0.25, 0.3) is 0 Å². The highest BCUT2D eigenvalue weighted by Crippen LogP contribution is 2.41. The third kappa shape index (κ3) is 4.03. The number of carbonyl (C=O) groups excluding carboxylic acids is 2. The third-order valence-electron chi connectivity index (χ3n) is 3.66. The van der Waals surface area contributed by atoms with Crippen LogP contribution in [0.1, 0.15) is 20.3 Å². The number of hydrogen-bond donors (Lipinski definition) is 1. The van der Waals surface area contributed by atoms with Crippen LogP contribution in [0.4, 0.5) is 0 Å². The fraction of sp³-hybridized carbons (Fsp3) is 0.533. The van der Waals surface area contributed by atoms with Gasteiger partial charge in [-0.1, -0.05) is 25.6 Å². The average molecular weight is 331 g/mol. The van der Waals surface area contributed by atoms with E-state index in [2.05, 4.69) is 5.32 Å². The number of nitrogens with zero attached hydrogens (tertiary/aromatic N) is 4. The largest absolute Gasteiger partial charge is 0.344 e. The molecule has 0 fully saturated rings. The second kappa shape index (κ2) is 7.67. The maximum atomic E-state index is 12.0. The van der Waals surface area contributed by atoms with E-state index in [-0.39, 0.29) is 18.1 Å². The molecule has 1 aliphatic heterocycles. The number of hydrogen-bond acceptors (Lipinski definition) is 6. The molecule has 0 bridgehead atoms. The molecule has 0 saturated carbocycles. The summed E-state index contributed by atoms with van der Waals surface area (Å²) >= 11 is 1.06. The number of rotatable bonds is 5. The van der Waals surface area contributed by atoms with Gasteiger partial charge in [0.05, 0.1) is 41.0 Å². The molecule has 7 nitrogen and oxygen atoms in total. The van der Waals surface area contributed by atoms with Crippen LogP contribution in [-0.4, -0.2) is 36.1 Å². The van der Waals surface area contributed by atoms with Crippen LogP contribution in [0.15, 0.2) is 10.6 Å². The molecule has 0 aromatic carbocycles. The van der Waals surface area contributed by atoms with Crippen molar-refractivity contribution in [3.05, 3.63) is 10.6 Å². The summed E-state index contributed by atoms with van der Waals surface area (Å²) < 4.78 is 0. The van der Waals surface area contributed by atoms with Gasteiger partial charge in [0.15, 0.2) is 0 Å². The summed E-state index contributed by atoms with van der Waals surface area (Å²) in [5.41, 5.74) is -0.620. The lowest BCUT2D eigenvalue weighted by molar-refractivity contribution is -0.127. The minimum absolute atomic E-state index is 0.0377. The monoisotopic (exact) mass is 331 g/mol. The van der Waals surface area contributed by atoms with E-state index in [4.69, 9.17) is 10.5 Å². The van der Waals surface area contributed by atoms with E-state index in [1.165, 1.54) is 4.90 Å². The van der Waals surface area contributed by atoms with Crippen LogP contribution in [0.5, 0.6) is 0 Å². The Morgan fingerprint density at radius 3 is 2.57 bits per heavy atom. The molecule has 8 heteroatoms. The zero-order valence-corrected chi connectivity index (χ0v) is 14.0. The first kappa shape index (κ1) is 18.5. The first-order chi connectivity index (χ1) is 10.8. The molecule has 0 spiro atoms. The molecular formula is C15H17N5O2S. The van der Waals surface area contributed by atoms with E-state index in [0.717, 1.165) is 11.8 Å². The van der Waals surface area contributed by atoms with E-state index in [1.54, 1.807) is 20.9 Å². The normalized spacial score (nSPS) is 19.1. The molecule has 120 valence electrons. The van der Waals surface area contributed by atoms with Gasteiger partial charge in [-0.25, -0.2) is 0 Å². The zero-order valence-electron chi connectivity index (χ0n) is 13.2. The molecule has 2 amide bonds. The molecule has 0 radical (unpaired) electrons. The molecule has 1 aliphatic rings. The standard InChI is InChI=1S/C15H17N5O2S/c1-15(2)10(7-17)13(22)19-14(11(15)8-18)23-9-12(21)20(3)6-4-5-16/h10H,4,6,9H2,1-3H3,(H,19,22)/t10-/m0/s1. The number of thioether (sulfide) groups is 1. The summed E-state index contributed by atoms with van der Waals surface area (Å²) in [5.74, 6) is -1.58. The minimum Gasteiger partial charge on any atom is -0.344 e. The van der Waals surface area contributed by atoms with Crippen LogP contribution in [0, 0.1) is 45.3 Å². The lowest BCUT2D eigenvalue weighted by Gasteiger charge is -2.34. The Kier molecular flexibility index (Phi) is 6.18. The molecule has 0 aromatic rings. The topological polar surface area (TPSA) is 121 Å². The van der Waals surface area contributed by atoms with Gasteiger partial charge >= 0.3 is 0 Å². The van der Waals surface area contributed by atoms with E-state index in [9.17, 15) is 14.9 Å². The summed E-state index contributed by atoms with van der Waals surface area (Å²) in [6.07, 6.45) is 0.243. The van der Waals surface area contributed by atoms with Gasteiger partial charge in [0, 0.05) is 19.0 Å². The van der Waals surface area contributed by atoms with Crippen molar-refractivity contribution in [1.82, 2.24) is 10.2 Å². The lowest BCUT2D eigenvalue weighted by Crippen LogP contribution is -2.44. The van der Waals surface area contributed by atoms with E-state index in [0.29, 0.717) is 17.1 Å². The van der Waals surface area contributed by atoms with Gasteiger partial charge in [-0.3, -0.25) is 9.59 Å². The second-order valence-electron chi connectivity index (χ2n) is 5.60. The maximum absolute atomic E-state index is 12.0. The Hall–Kier alpha value is -2.50.